The smallest absolute Gasteiger partial charge is 0.181 e. The van der Waals surface area contributed by atoms with E-state index in [9.17, 15) is 0 Å². The average molecular weight is 349 g/mol. The van der Waals surface area contributed by atoms with Gasteiger partial charge in [0.05, 0.1) is 5.69 Å². The molecule has 0 radical (unpaired) electrons. The van der Waals surface area contributed by atoms with Crippen LogP contribution in [0.1, 0.15) is 23.4 Å². The van der Waals surface area contributed by atoms with Crippen molar-refractivity contribution in [2.75, 3.05) is 0 Å². The summed E-state index contributed by atoms with van der Waals surface area (Å²) in [6, 6.07) is 14.6. The van der Waals surface area contributed by atoms with Crippen LogP contribution >= 0.6 is 0 Å². The fourth-order valence-electron chi connectivity index (χ4n) is 2.30. The van der Waals surface area contributed by atoms with Gasteiger partial charge in [0.2, 0.25) is 0 Å². The summed E-state index contributed by atoms with van der Waals surface area (Å²) in [6.45, 7) is 2.20. The van der Waals surface area contributed by atoms with Crippen LogP contribution in [0.25, 0.3) is 0 Å². The van der Waals surface area contributed by atoms with Crippen LogP contribution in [0.2, 0.25) is 0 Å². The van der Waals surface area contributed by atoms with Gasteiger partial charge in [-0.1, -0.05) is 0 Å². The SMILES string of the molecule is Cc1ncoc1COc1ccc(Oc2ccc(C(=N)CC=N)cc2)cc1. The van der Waals surface area contributed by atoms with Crippen molar-refractivity contribution in [2.24, 2.45) is 0 Å². The van der Waals surface area contributed by atoms with Gasteiger partial charge < -0.3 is 24.7 Å². The van der Waals surface area contributed by atoms with Gasteiger partial charge in [-0.25, -0.2) is 4.98 Å². The van der Waals surface area contributed by atoms with Gasteiger partial charge >= 0.3 is 0 Å². The third kappa shape index (κ3) is 4.36. The Bertz CT molecular complexity index is 883. The Kier molecular flexibility index (Phi) is 5.43. The zero-order valence-corrected chi connectivity index (χ0v) is 14.4. The lowest BCUT2D eigenvalue weighted by Crippen LogP contribution is -1.98. The minimum atomic E-state index is 0.329. The van der Waals surface area contributed by atoms with Gasteiger partial charge in [0, 0.05) is 18.3 Å². The van der Waals surface area contributed by atoms with Crippen molar-refractivity contribution in [2.45, 2.75) is 20.0 Å². The number of rotatable bonds is 8. The van der Waals surface area contributed by atoms with E-state index >= 15 is 0 Å². The van der Waals surface area contributed by atoms with Crippen LogP contribution in [0.4, 0.5) is 0 Å². The van der Waals surface area contributed by atoms with Crippen LogP contribution in [0.5, 0.6) is 17.2 Å². The van der Waals surface area contributed by atoms with Crippen molar-refractivity contribution in [1.29, 1.82) is 10.8 Å². The molecule has 0 amide bonds. The van der Waals surface area contributed by atoms with Crippen LogP contribution in [0.15, 0.2) is 59.3 Å². The lowest BCUT2D eigenvalue weighted by molar-refractivity contribution is 0.269. The highest BCUT2D eigenvalue weighted by Gasteiger charge is 2.05. The summed E-state index contributed by atoms with van der Waals surface area (Å²) >= 11 is 0. The fraction of sp³-hybridized carbons (Fsp3) is 0.150. The summed E-state index contributed by atoms with van der Waals surface area (Å²) in [4.78, 5) is 4.03. The average Bonchev–Trinajstić information content (AvgIpc) is 3.07. The number of hydrogen-bond acceptors (Lipinski definition) is 6. The first-order valence-corrected chi connectivity index (χ1v) is 8.12. The van der Waals surface area contributed by atoms with Gasteiger partial charge in [-0.2, -0.15) is 0 Å². The zero-order chi connectivity index (χ0) is 18.4. The van der Waals surface area contributed by atoms with Crippen LogP contribution in [-0.4, -0.2) is 16.9 Å². The first-order valence-electron chi connectivity index (χ1n) is 8.12. The van der Waals surface area contributed by atoms with Crippen LogP contribution in [-0.2, 0) is 6.61 Å². The molecule has 1 aromatic heterocycles. The molecule has 6 heteroatoms. The number of aromatic nitrogens is 1. The van der Waals surface area contributed by atoms with E-state index in [1.807, 2.05) is 55.5 Å². The highest BCUT2D eigenvalue weighted by Crippen LogP contribution is 2.25. The Balaban J connectivity index is 1.57. The summed E-state index contributed by atoms with van der Waals surface area (Å²) in [5, 5.41) is 14.9. The van der Waals surface area contributed by atoms with Crippen molar-refractivity contribution in [3.63, 3.8) is 0 Å². The summed E-state index contributed by atoms with van der Waals surface area (Å²) in [5.41, 5.74) is 2.02. The molecule has 0 fully saturated rings. The van der Waals surface area contributed by atoms with Gasteiger partial charge in [0.25, 0.3) is 0 Å². The second-order valence-corrected chi connectivity index (χ2v) is 5.63. The number of ether oxygens (including phenoxy) is 2. The molecule has 0 bridgehead atoms. The van der Waals surface area contributed by atoms with E-state index in [0.717, 1.165) is 11.3 Å². The van der Waals surface area contributed by atoms with Gasteiger partial charge in [-0.15, -0.1) is 0 Å². The van der Waals surface area contributed by atoms with E-state index in [4.69, 9.17) is 24.7 Å². The van der Waals surface area contributed by atoms with Crippen molar-refractivity contribution < 1.29 is 13.9 Å². The number of nitrogens with one attached hydrogen (secondary N) is 2. The van der Waals surface area contributed by atoms with Gasteiger partial charge in [0.1, 0.15) is 23.9 Å². The molecule has 26 heavy (non-hydrogen) atoms. The normalized spacial score (nSPS) is 10.3. The van der Waals surface area contributed by atoms with E-state index in [1.165, 1.54) is 12.6 Å². The third-order valence-corrected chi connectivity index (χ3v) is 3.78. The van der Waals surface area contributed by atoms with Gasteiger partial charge in [-0.3, -0.25) is 0 Å². The Morgan fingerprint density at radius 2 is 1.65 bits per heavy atom. The van der Waals surface area contributed by atoms with Crippen LogP contribution in [0, 0.1) is 17.7 Å². The Morgan fingerprint density at radius 1 is 1.04 bits per heavy atom. The second-order valence-electron chi connectivity index (χ2n) is 5.63. The number of nitrogens with zero attached hydrogens (tertiary/aromatic N) is 1. The lowest BCUT2D eigenvalue weighted by Gasteiger charge is -2.09. The van der Waals surface area contributed by atoms with Gasteiger partial charge in [0.15, 0.2) is 12.2 Å². The lowest BCUT2D eigenvalue weighted by atomic mass is 10.1. The topological polar surface area (TPSA) is 92.2 Å². The molecular weight excluding hydrogens is 330 g/mol. The number of benzene rings is 2. The molecule has 0 aliphatic carbocycles. The van der Waals surface area contributed by atoms with Crippen molar-refractivity contribution in [1.82, 2.24) is 4.98 Å². The quantitative estimate of drug-likeness (QED) is 0.573. The molecule has 6 nitrogen and oxygen atoms in total. The maximum absolute atomic E-state index is 7.83. The molecule has 2 N–H and O–H groups in total. The minimum absolute atomic E-state index is 0.329. The van der Waals surface area contributed by atoms with Crippen LogP contribution < -0.4 is 9.47 Å². The number of oxazole rings is 1. The van der Waals surface area contributed by atoms with Crippen molar-refractivity contribution in [3.05, 3.63) is 71.9 Å². The molecule has 0 aliphatic heterocycles. The van der Waals surface area contributed by atoms with E-state index in [0.29, 0.717) is 41.7 Å². The van der Waals surface area contributed by atoms with E-state index in [2.05, 4.69) is 4.98 Å². The largest absolute Gasteiger partial charge is 0.486 e. The molecule has 0 unspecified atom stereocenters. The summed E-state index contributed by atoms with van der Waals surface area (Å²) in [6.07, 6.45) is 2.96. The molecule has 0 saturated heterocycles. The molecular formula is C20H19N3O3. The molecule has 2 aromatic carbocycles. The standard InChI is InChI=1S/C20H19N3O3/c1-14-20(25-13-23-14)12-24-16-6-8-18(9-7-16)26-17-4-2-15(3-5-17)19(22)10-11-21/h2-9,11,13,21-22H,10,12H2,1H3. The molecule has 3 aromatic rings. The Labute approximate surface area is 151 Å². The van der Waals surface area contributed by atoms with E-state index in [-0.39, 0.29) is 0 Å². The second kappa shape index (κ2) is 8.11. The minimum Gasteiger partial charge on any atom is -0.486 e. The highest BCUT2D eigenvalue weighted by atomic mass is 16.5. The van der Waals surface area contributed by atoms with E-state index < -0.39 is 0 Å². The fourth-order valence-corrected chi connectivity index (χ4v) is 2.30. The monoisotopic (exact) mass is 349 g/mol. The van der Waals surface area contributed by atoms with Gasteiger partial charge in [-0.05, 0) is 61.0 Å². The maximum atomic E-state index is 7.83. The maximum Gasteiger partial charge on any atom is 0.181 e. The summed E-state index contributed by atoms with van der Waals surface area (Å²) < 4.78 is 16.7. The summed E-state index contributed by atoms with van der Waals surface area (Å²) in [5.74, 6) is 2.79. The Hall–Kier alpha value is -3.41. The zero-order valence-electron chi connectivity index (χ0n) is 14.4. The molecule has 0 saturated carbocycles. The highest BCUT2D eigenvalue weighted by molar-refractivity contribution is 6.04. The summed E-state index contributed by atoms with van der Waals surface area (Å²) in [7, 11) is 0. The number of hydrogen-bond donors (Lipinski definition) is 2. The molecule has 1 heterocycles. The molecule has 0 atom stereocenters. The first-order chi connectivity index (χ1) is 12.7. The first kappa shape index (κ1) is 17.4. The van der Waals surface area contributed by atoms with Crippen LogP contribution in [0.3, 0.4) is 0 Å². The van der Waals surface area contributed by atoms with Crippen molar-refractivity contribution in [3.8, 4) is 17.2 Å². The predicted octanol–water partition coefficient (Wildman–Crippen LogP) is 4.76. The third-order valence-electron chi connectivity index (χ3n) is 3.78. The molecule has 3 rings (SSSR count). The number of aryl methyl sites for hydroxylation is 1. The predicted molar refractivity (Wildman–Crippen MR) is 98.8 cm³/mol. The Morgan fingerprint density at radius 3 is 2.23 bits per heavy atom. The molecule has 0 aliphatic rings. The molecule has 132 valence electrons. The molecule has 0 spiro atoms. The van der Waals surface area contributed by atoms with Crippen molar-refractivity contribution >= 4 is 11.9 Å². The van der Waals surface area contributed by atoms with E-state index in [1.54, 1.807) is 0 Å².